The summed E-state index contributed by atoms with van der Waals surface area (Å²) in [5.74, 6) is 0.507. The summed E-state index contributed by atoms with van der Waals surface area (Å²) in [6.07, 6.45) is -4.60. The Morgan fingerprint density at radius 3 is 2.46 bits per heavy atom. The fraction of sp³-hybridized carbons (Fsp3) is 0.222. The lowest BCUT2D eigenvalue weighted by molar-refractivity contribution is -0.145. The molecule has 1 aromatic heterocycles. The van der Waals surface area contributed by atoms with Crippen LogP contribution in [0.25, 0.3) is 10.9 Å². The molecule has 1 heterocycles. The third-order valence-electron chi connectivity index (χ3n) is 3.67. The maximum absolute atomic E-state index is 13.1. The van der Waals surface area contributed by atoms with Crippen molar-refractivity contribution in [3.8, 4) is 11.5 Å². The Morgan fingerprint density at radius 1 is 1.00 bits per heavy atom. The number of rotatable bonds is 5. The molecule has 0 N–H and O–H groups in total. The third kappa shape index (κ3) is 3.85. The van der Waals surface area contributed by atoms with Crippen LogP contribution >= 0.6 is 11.8 Å². The van der Waals surface area contributed by atoms with Crippen LogP contribution in [0.3, 0.4) is 0 Å². The predicted octanol–water partition coefficient (Wildman–Crippen LogP) is 4.96. The highest BCUT2D eigenvalue weighted by Gasteiger charge is 2.35. The van der Waals surface area contributed by atoms with Crippen molar-refractivity contribution in [2.45, 2.75) is 17.0 Å². The zero-order chi connectivity index (χ0) is 18.7. The van der Waals surface area contributed by atoms with Crippen molar-refractivity contribution in [1.82, 2.24) is 9.97 Å². The van der Waals surface area contributed by atoms with Crippen molar-refractivity contribution < 1.29 is 22.6 Å². The summed E-state index contributed by atoms with van der Waals surface area (Å²) in [6, 6.07) is 12.0. The molecule has 26 heavy (non-hydrogen) atoms. The molecule has 0 spiro atoms. The Kier molecular flexibility index (Phi) is 5.22. The minimum absolute atomic E-state index is 0.259. The minimum Gasteiger partial charge on any atom is -0.497 e. The van der Waals surface area contributed by atoms with Crippen LogP contribution in [0.4, 0.5) is 13.2 Å². The van der Waals surface area contributed by atoms with Crippen molar-refractivity contribution in [2.24, 2.45) is 0 Å². The molecule has 0 aliphatic rings. The number of nitrogens with zero attached hydrogens (tertiary/aromatic N) is 2. The number of para-hydroxylation sites is 1. The second-order valence-corrected chi connectivity index (χ2v) is 6.30. The van der Waals surface area contributed by atoms with Gasteiger partial charge >= 0.3 is 6.18 Å². The molecular weight excluding hydrogens is 365 g/mol. The SMILES string of the molecule is COc1ccc(OC)c(CSc2nc(C(F)(F)F)nc3ccccc23)c1. The van der Waals surface area contributed by atoms with Gasteiger partial charge in [-0.25, -0.2) is 9.97 Å². The van der Waals surface area contributed by atoms with E-state index in [9.17, 15) is 13.2 Å². The Balaban J connectivity index is 1.99. The van der Waals surface area contributed by atoms with E-state index in [0.29, 0.717) is 22.6 Å². The molecule has 0 fully saturated rings. The molecule has 0 bridgehead atoms. The lowest BCUT2D eigenvalue weighted by Crippen LogP contribution is -2.11. The highest BCUT2D eigenvalue weighted by Crippen LogP contribution is 2.35. The zero-order valence-electron chi connectivity index (χ0n) is 14.0. The molecule has 0 saturated heterocycles. The zero-order valence-corrected chi connectivity index (χ0v) is 14.8. The number of halogens is 3. The first kappa shape index (κ1) is 18.3. The number of methoxy groups -OCH3 is 2. The molecular formula is C18H15F3N2O2S. The van der Waals surface area contributed by atoms with E-state index in [1.807, 2.05) is 0 Å². The Morgan fingerprint density at radius 2 is 1.77 bits per heavy atom. The van der Waals surface area contributed by atoms with Gasteiger partial charge in [0.1, 0.15) is 16.5 Å². The molecule has 4 nitrogen and oxygen atoms in total. The largest absolute Gasteiger partial charge is 0.497 e. The summed E-state index contributed by atoms with van der Waals surface area (Å²) in [7, 11) is 3.09. The summed E-state index contributed by atoms with van der Waals surface area (Å²) in [5.41, 5.74) is 1.06. The molecule has 3 rings (SSSR count). The van der Waals surface area contributed by atoms with Gasteiger partial charge in [-0.15, -0.1) is 11.8 Å². The first-order chi connectivity index (χ1) is 12.4. The first-order valence-electron chi connectivity index (χ1n) is 7.60. The van der Waals surface area contributed by atoms with Gasteiger partial charge in [0.15, 0.2) is 0 Å². The summed E-state index contributed by atoms with van der Waals surface area (Å²) in [4.78, 5) is 7.37. The van der Waals surface area contributed by atoms with E-state index < -0.39 is 12.0 Å². The molecule has 0 radical (unpaired) electrons. The fourth-order valence-electron chi connectivity index (χ4n) is 2.43. The summed E-state index contributed by atoms with van der Waals surface area (Å²) < 4.78 is 49.8. The molecule has 2 aromatic carbocycles. The number of ether oxygens (including phenoxy) is 2. The van der Waals surface area contributed by atoms with Crippen LogP contribution in [-0.4, -0.2) is 24.2 Å². The Bertz CT molecular complexity index is 932. The van der Waals surface area contributed by atoms with Crippen molar-refractivity contribution >= 4 is 22.7 Å². The van der Waals surface area contributed by atoms with Crippen molar-refractivity contribution in [3.63, 3.8) is 0 Å². The van der Waals surface area contributed by atoms with E-state index in [0.717, 1.165) is 5.56 Å². The van der Waals surface area contributed by atoms with Gasteiger partial charge in [-0.1, -0.05) is 18.2 Å². The summed E-state index contributed by atoms with van der Waals surface area (Å²) >= 11 is 1.20. The summed E-state index contributed by atoms with van der Waals surface area (Å²) in [6.45, 7) is 0. The maximum Gasteiger partial charge on any atom is 0.451 e. The van der Waals surface area contributed by atoms with Gasteiger partial charge in [0.05, 0.1) is 19.7 Å². The average Bonchev–Trinajstić information content (AvgIpc) is 2.64. The second-order valence-electron chi connectivity index (χ2n) is 5.33. The van der Waals surface area contributed by atoms with Gasteiger partial charge in [-0.3, -0.25) is 0 Å². The van der Waals surface area contributed by atoms with Crippen LogP contribution in [0.5, 0.6) is 11.5 Å². The van der Waals surface area contributed by atoms with Crippen LogP contribution in [-0.2, 0) is 11.9 Å². The Labute approximate surface area is 152 Å². The number of hydrogen-bond acceptors (Lipinski definition) is 5. The topological polar surface area (TPSA) is 44.2 Å². The highest BCUT2D eigenvalue weighted by atomic mass is 32.2. The molecule has 0 atom stereocenters. The molecule has 0 saturated carbocycles. The van der Waals surface area contributed by atoms with Crippen LogP contribution in [0.15, 0.2) is 47.5 Å². The van der Waals surface area contributed by atoms with Crippen molar-refractivity contribution in [1.29, 1.82) is 0 Å². The molecule has 136 valence electrons. The standard InChI is InChI=1S/C18H15F3N2O2S/c1-24-12-7-8-15(25-2)11(9-12)10-26-16-13-5-3-4-6-14(13)22-17(23-16)18(19,20)21/h3-9H,10H2,1-2H3. The van der Waals surface area contributed by atoms with Gasteiger partial charge in [0.2, 0.25) is 5.82 Å². The van der Waals surface area contributed by atoms with E-state index >= 15 is 0 Å². The van der Waals surface area contributed by atoms with E-state index in [4.69, 9.17) is 9.47 Å². The van der Waals surface area contributed by atoms with E-state index in [-0.39, 0.29) is 10.5 Å². The molecule has 0 amide bonds. The highest BCUT2D eigenvalue weighted by molar-refractivity contribution is 7.98. The van der Waals surface area contributed by atoms with E-state index in [2.05, 4.69) is 9.97 Å². The quantitative estimate of drug-likeness (QED) is 0.462. The molecule has 3 aromatic rings. The average molecular weight is 380 g/mol. The van der Waals surface area contributed by atoms with E-state index in [1.54, 1.807) is 49.6 Å². The molecule has 0 aliphatic carbocycles. The number of aromatic nitrogens is 2. The van der Waals surface area contributed by atoms with Crippen LogP contribution in [0, 0.1) is 0 Å². The smallest absolute Gasteiger partial charge is 0.451 e. The minimum atomic E-state index is -4.60. The van der Waals surface area contributed by atoms with Gasteiger partial charge in [0.25, 0.3) is 0 Å². The van der Waals surface area contributed by atoms with Crippen molar-refractivity contribution in [3.05, 3.63) is 53.9 Å². The molecule has 8 heteroatoms. The van der Waals surface area contributed by atoms with Crippen molar-refractivity contribution in [2.75, 3.05) is 14.2 Å². The van der Waals surface area contributed by atoms with Crippen LogP contribution in [0.2, 0.25) is 0 Å². The van der Waals surface area contributed by atoms with Gasteiger partial charge in [-0.2, -0.15) is 13.2 Å². The third-order valence-corrected chi connectivity index (χ3v) is 4.71. The lowest BCUT2D eigenvalue weighted by atomic mass is 10.2. The maximum atomic E-state index is 13.1. The second kappa shape index (κ2) is 7.41. The van der Waals surface area contributed by atoms with Gasteiger partial charge < -0.3 is 9.47 Å². The fourth-order valence-corrected chi connectivity index (χ4v) is 3.42. The first-order valence-corrected chi connectivity index (χ1v) is 8.58. The van der Waals surface area contributed by atoms with Gasteiger partial charge in [-0.05, 0) is 24.3 Å². The van der Waals surface area contributed by atoms with Crippen LogP contribution in [0.1, 0.15) is 11.4 Å². The molecule has 0 aliphatic heterocycles. The number of benzene rings is 2. The summed E-state index contributed by atoms with van der Waals surface area (Å²) in [5, 5.41) is 0.847. The van der Waals surface area contributed by atoms with Gasteiger partial charge in [0, 0.05) is 16.7 Å². The Hall–Kier alpha value is -2.48. The molecule has 0 unspecified atom stereocenters. The number of alkyl halides is 3. The number of fused-ring (bicyclic) bond motifs is 1. The number of hydrogen-bond donors (Lipinski definition) is 0. The van der Waals surface area contributed by atoms with E-state index in [1.165, 1.54) is 18.9 Å². The normalized spacial score (nSPS) is 11.6. The van der Waals surface area contributed by atoms with Crippen LogP contribution < -0.4 is 9.47 Å². The predicted molar refractivity (Wildman–Crippen MR) is 93.6 cm³/mol. The monoisotopic (exact) mass is 380 g/mol. The lowest BCUT2D eigenvalue weighted by Gasteiger charge is -2.12. The number of thioether (sulfide) groups is 1.